The van der Waals surface area contributed by atoms with Gasteiger partial charge in [0.1, 0.15) is 18.7 Å². The summed E-state index contributed by atoms with van der Waals surface area (Å²) < 4.78 is 5.55. The zero-order valence-corrected chi connectivity index (χ0v) is 18.9. The van der Waals surface area contributed by atoms with Crippen molar-refractivity contribution in [3.8, 4) is 11.1 Å². The Labute approximate surface area is 188 Å². The topological polar surface area (TPSA) is 95.9 Å². The molecule has 0 saturated carbocycles. The molecule has 2 amide bonds. The highest BCUT2D eigenvalue weighted by atomic mass is 16.5. The molecule has 0 spiro atoms. The van der Waals surface area contributed by atoms with Crippen LogP contribution in [0.3, 0.4) is 0 Å². The van der Waals surface area contributed by atoms with Crippen LogP contribution in [0.1, 0.15) is 44.7 Å². The van der Waals surface area contributed by atoms with E-state index in [4.69, 9.17) is 4.74 Å². The summed E-state index contributed by atoms with van der Waals surface area (Å²) in [6.45, 7) is 7.12. The monoisotopic (exact) mass is 438 g/mol. The Kier molecular flexibility index (Phi) is 7.18. The van der Waals surface area contributed by atoms with Gasteiger partial charge in [0, 0.05) is 12.5 Å². The van der Waals surface area contributed by atoms with E-state index in [0.717, 1.165) is 22.3 Å². The van der Waals surface area contributed by atoms with Crippen LogP contribution in [0.15, 0.2) is 48.5 Å². The number of hydrogen-bond donors (Lipinski definition) is 2. The van der Waals surface area contributed by atoms with Gasteiger partial charge in [0.05, 0.1) is 0 Å². The number of aliphatic carboxylic acids is 1. The van der Waals surface area contributed by atoms with E-state index in [9.17, 15) is 19.5 Å². The summed E-state index contributed by atoms with van der Waals surface area (Å²) in [4.78, 5) is 38.2. The number of benzene rings is 2. The molecule has 0 bridgehead atoms. The van der Waals surface area contributed by atoms with Crippen LogP contribution in [0.25, 0.3) is 11.1 Å². The number of carboxylic acids is 1. The van der Waals surface area contributed by atoms with Gasteiger partial charge in [0.25, 0.3) is 0 Å². The molecule has 1 aliphatic carbocycles. The highest BCUT2D eigenvalue weighted by Crippen LogP contribution is 2.44. The van der Waals surface area contributed by atoms with E-state index in [0.29, 0.717) is 0 Å². The molecule has 0 heterocycles. The summed E-state index contributed by atoms with van der Waals surface area (Å²) in [7, 11) is 0. The Bertz CT molecular complexity index is 958. The largest absolute Gasteiger partial charge is 0.480 e. The maximum absolute atomic E-state index is 13.0. The van der Waals surface area contributed by atoms with Crippen molar-refractivity contribution in [3.05, 3.63) is 59.7 Å². The molecule has 1 unspecified atom stereocenters. The predicted octanol–water partition coefficient (Wildman–Crippen LogP) is 3.87. The molecule has 3 rings (SSSR count). The number of likely N-dealkylation sites (N-methyl/N-ethyl adjacent to an activating group) is 1. The second-order valence-corrected chi connectivity index (χ2v) is 8.33. The quantitative estimate of drug-likeness (QED) is 0.652. The standard InChI is InChI=1S/C25H30N2O5/c1-5-27(16(4)24(29)30)23(28)22(15(2)3)26-25(31)32-14-21-19-12-8-6-10-17(19)18-11-7-9-13-20(18)21/h6-13,15-16,21-22H,5,14H2,1-4H3,(H,26,31)(H,29,30)/t16?,22-/m1/s1. The number of ether oxygens (including phenoxy) is 1. The van der Waals surface area contributed by atoms with Crippen molar-refractivity contribution in [3.63, 3.8) is 0 Å². The van der Waals surface area contributed by atoms with Gasteiger partial charge < -0.3 is 20.1 Å². The highest BCUT2D eigenvalue weighted by Gasteiger charge is 2.34. The van der Waals surface area contributed by atoms with Gasteiger partial charge in [0.15, 0.2) is 0 Å². The molecule has 2 atom stereocenters. The average Bonchev–Trinajstić information content (AvgIpc) is 3.09. The number of carboxylic acid groups (broad SMARTS) is 1. The molecular formula is C25H30N2O5. The minimum atomic E-state index is -1.09. The van der Waals surface area contributed by atoms with Crippen molar-refractivity contribution in [1.29, 1.82) is 0 Å². The lowest BCUT2D eigenvalue weighted by molar-refractivity contribution is -0.150. The number of carbonyl (C=O) groups excluding carboxylic acids is 2. The molecule has 0 aliphatic heterocycles. The predicted molar refractivity (Wildman–Crippen MR) is 121 cm³/mol. The molecule has 32 heavy (non-hydrogen) atoms. The molecule has 0 aromatic heterocycles. The number of fused-ring (bicyclic) bond motifs is 3. The van der Waals surface area contributed by atoms with E-state index in [1.165, 1.54) is 11.8 Å². The van der Waals surface area contributed by atoms with Crippen LogP contribution in [0.2, 0.25) is 0 Å². The second-order valence-electron chi connectivity index (χ2n) is 8.33. The third-order valence-electron chi connectivity index (χ3n) is 6.00. The van der Waals surface area contributed by atoms with Crippen molar-refractivity contribution >= 4 is 18.0 Å². The maximum atomic E-state index is 13.0. The second kappa shape index (κ2) is 9.85. The smallest absolute Gasteiger partial charge is 0.407 e. The van der Waals surface area contributed by atoms with Crippen molar-refractivity contribution in [2.45, 2.75) is 45.7 Å². The Hall–Kier alpha value is -3.35. The summed E-state index contributed by atoms with van der Waals surface area (Å²) in [5.41, 5.74) is 4.47. The zero-order valence-electron chi connectivity index (χ0n) is 18.9. The maximum Gasteiger partial charge on any atom is 0.407 e. The van der Waals surface area contributed by atoms with E-state index in [-0.39, 0.29) is 25.0 Å². The first-order valence-corrected chi connectivity index (χ1v) is 10.9. The van der Waals surface area contributed by atoms with Gasteiger partial charge in [-0.05, 0) is 42.0 Å². The third kappa shape index (κ3) is 4.61. The molecule has 0 saturated heterocycles. The molecule has 0 radical (unpaired) electrons. The van der Waals surface area contributed by atoms with Crippen LogP contribution >= 0.6 is 0 Å². The van der Waals surface area contributed by atoms with Gasteiger partial charge in [0.2, 0.25) is 5.91 Å². The van der Waals surface area contributed by atoms with Crippen molar-refractivity contribution in [1.82, 2.24) is 10.2 Å². The first kappa shape index (κ1) is 23.3. The number of amides is 2. The number of alkyl carbamates (subject to hydrolysis) is 1. The fourth-order valence-corrected chi connectivity index (χ4v) is 4.21. The number of nitrogens with one attached hydrogen (secondary N) is 1. The minimum Gasteiger partial charge on any atom is -0.480 e. The fourth-order valence-electron chi connectivity index (χ4n) is 4.21. The molecule has 170 valence electrons. The van der Waals surface area contributed by atoms with E-state index >= 15 is 0 Å². The normalized spacial score (nSPS) is 14.3. The van der Waals surface area contributed by atoms with Crippen LogP contribution in [-0.2, 0) is 14.3 Å². The lowest BCUT2D eigenvalue weighted by atomic mass is 9.98. The van der Waals surface area contributed by atoms with E-state index in [2.05, 4.69) is 17.4 Å². The van der Waals surface area contributed by atoms with Gasteiger partial charge in [-0.1, -0.05) is 62.4 Å². The molecule has 0 fully saturated rings. The Morgan fingerprint density at radius 1 is 1.00 bits per heavy atom. The zero-order chi connectivity index (χ0) is 23.4. The molecule has 2 aromatic rings. The Morgan fingerprint density at radius 3 is 2.00 bits per heavy atom. The molecule has 1 aliphatic rings. The van der Waals surface area contributed by atoms with Gasteiger partial charge >= 0.3 is 12.1 Å². The summed E-state index contributed by atoms with van der Waals surface area (Å²) in [5, 5.41) is 11.9. The SMILES string of the molecule is CCN(C(=O)[C@H](NC(=O)OCC1c2ccccc2-c2ccccc21)C(C)C)C(C)C(=O)O. The Morgan fingerprint density at radius 2 is 1.53 bits per heavy atom. The van der Waals surface area contributed by atoms with Crippen molar-refractivity contribution < 1.29 is 24.2 Å². The third-order valence-corrected chi connectivity index (χ3v) is 6.00. The van der Waals surface area contributed by atoms with Crippen LogP contribution in [0.5, 0.6) is 0 Å². The fraction of sp³-hybridized carbons (Fsp3) is 0.400. The van der Waals surface area contributed by atoms with E-state index in [1.807, 2.05) is 36.4 Å². The van der Waals surface area contributed by atoms with Crippen LogP contribution in [0, 0.1) is 5.92 Å². The highest BCUT2D eigenvalue weighted by molar-refractivity contribution is 5.89. The van der Waals surface area contributed by atoms with Gasteiger partial charge in [-0.15, -0.1) is 0 Å². The number of carbonyl (C=O) groups is 3. The number of nitrogens with zero attached hydrogens (tertiary/aromatic N) is 1. The van der Waals surface area contributed by atoms with Gasteiger partial charge in [-0.2, -0.15) is 0 Å². The van der Waals surface area contributed by atoms with E-state index in [1.54, 1.807) is 20.8 Å². The molecule has 7 heteroatoms. The summed E-state index contributed by atoms with van der Waals surface area (Å²) >= 11 is 0. The summed E-state index contributed by atoms with van der Waals surface area (Å²) in [6.07, 6.45) is -0.696. The van der Waals surface area contributed by atoms with Crippen molar-refractivity contribution in [2.75, 3.05) is 13.2 Å². The van der Waals surface area contributed by atoms with Crippen molar-refractivity contribution in [2.24, 2.45) is 5.92 Å². The molecule has 2 N–H and O–H groups in total. The number of rotatable bonds is 8. The molecular weight excluding hydrogens is 408 g/mol. The van der Waals surface area contributed by atoms with Gasteiger partial charge in [-0.3, -0.25) is 4.79 Å². The summed E-state index contributed by atoms with van der Waals surface area (Å²) in [6, 6.07) is 14.2. The van der Waals surface area contributed by atoms with Crippen LogP contribution in [-0.4, -0.2) is 53.2 Å². The lowest BCUT2D eigenvalue weighted by Gasteiger charge is -2.31. The summed E-state index contributed by atoms with van der Waals surface area (Å²) in [5.74, 6) is -1.85. The lowest BCUT2D eigenvalue weighted by Crippen LogP contribution is -2.55. The average molecular weight is 439 g/mol. The van der Waals surface area contributed by atoms with Crippen LogP contribution in [0.4, 0.5) is 4.79 Å². The Balaban J connectivity index is 1.70. The molecule has 7 nitrogen and oxygen atoms in total. The first-order chi connectivity index (χ1) is 15.3. The van der Waals surface area contributed by atoms with E-state index < -0.39 is 30.1 Å². The minimum absolute atomic E-state index is 0.0828. The van der Waals surface area contributed by atoms with Gasteiger partial charge in [-0.25, -0.2) is 9.59 Å². The number of hydrogen-bond acceptors (Lipinski definition) is 4. The first-order valence-electron chi connectivity index (χ1n) is 10.9. The molecule has 2 aromatic carbocycles. The van der Waals surface area contributed by atoms with Crippen LogP contribution < -0.4 is 5.32 Å².